The van der Waals surface area contributed by atoms with E-state index in [9.17, 15) is 0 Å². The van der Waals surface area contributed by atoms with Gasteiger partial charge in [-0.05, 0) is 19.4 Å². The van der Waals surface area contributed by atoms with Crippen LogP contribution >= 0.6 is 0 Å². The van der Waals surface area contributed by atoms with Gasteiger partial charge in [-0.1, -0.05) is 6.92 Å². The number of hydrogen-bond donors (Lipinski definition) is 1. The smallest absolute Gasteiger partial charge is 0.122 e. The Labute approximate surface area is 109 Å². The first kappa shape index (κ1) is 13.5. The molecule has 1 aromatic rings. The average molecular weight is 252 g/mol. The standard InChI is InChI=1S/C13H24N4O/c1-2-6-17-7-5-15-13(17)11-16-8-9-18-12(10-16)3-4-14/h5,7,12H,2-4,6,8-11,14H2,1H3/t12-/m0/s1. The summed E-state index contributed by atoms with van der Waals surface area (Å²) in [6.07, 6.45) is 6.33. The van der Waals surface area contributed by atoms with Crippen LogP contribution < -0.4 is 5.73 Å². The second-order valence-electron chi connectivity index (χ2n) is 4.84. The molecule has 5 nitrogen and oxygen atoms in total. The first-order valence-electron chi connectivity index (χ1n) is 6.87. The number of aromatic nitrogens is 2. The molecule has 1 saturated heterocycles. The van der Waals surface area contributed by atoms with Crippen molar-refractivity contribution in [2.75, 3.05) is 26.2 Å². The van der Waals surface area contributed by atoms with Crippen molar-refractivity contribution in [2.24, 2.45) is 5.73 Å². The maximum Gasteiger partial charge on any atom is 0.122 e. The van der Waals surface area contributed by atoms with Crippen molar-refractivity contribution in [3.63, 3.8) is 0 Å². The molecule has 18 heavy (non-hydrogen) atoms. The molecule has 1 aromatic heterocycles. The Balaban J connectivity index is 1.89. The largest absolute Gasteiger partial charge is 0.376 e. The van der Waals surface area contributed by atoms with Gasteiger partial charge in [-0.2, -0.15) is 0 Å². The van der Waals surface area contributed by atoms with E-state index in [1.165, 1.54) is 0 Å². The van der Waals surface area contributed by atoms with Crippen LogP contribution in [0.5, 0.6) is 0 Å². The molecule has 0 unspecified atom stereocenters. The number of ether oxygens (including phenoxy) is 1. The van der Waals surface area contributed by atoms with Crippen LogP contribution in [0.1, 0.15) is 25.6 Å². The number of nitrogens with two attached hydrogens (primary N) is 1. The van der Waals surface area contributed by atoms with Crippen LogP contribution in [0.15, 0.2) is 12.4 Å². The molecule has 0 aromatic carbocycles. The minimum Gasteiger partial charge on any atom is -0.376 e. The zero-order valence-electron chi connectivity index (χ0n) is 11.2. The Kier molecular flexibility index (Phi) is 5.16. The Hall–Kier alpha value is -0.910. The number of rotatable bonds is 6. The SMILES string of the molecule is CCCn1ccnc1CN1CCO[C@@H](CCN)C1. The highest BCUT2D eigenvalue weighted by Crippen LogP contribution is 2.11. The van der Waals surface area contributed by atoms with Crippen molar-refractivity contribution in [3.8, 4) is 0 Å². The fraction of sp³-hybridized carbons (Fsp3) is 0.769. The second kappa shape index (κ2) is 6.87. The molecular weight excluding hydrogens is 228 g/mol. The van der Waals surface area contributed by atoms with E-state index in [1.807, 2.05) is 6.20 Å². The Morgan fingerprint density at radius 2 is 2.44 bits per heavy atom. The van der Waals surface area contributed by atoms with E-state index in [0.717, 1.165) is 51.5 Å². The van der Waals surface area contributed by atoms with Crippen LogP contribution in [0.2, 0.25) is 0 Å². The van der Waals surface area contributed by atoms with E-state index >= 15 is 0 Å². The van der Waals surface area contributed by atoms with Gasteiger partial charge in [0.2, 0.25) is 0 Å². The molecule has 1 atom stereocenters. The molecule has 0 radical (unpaired) electrons. The highest BCUT2D eigenvalue weighted by atomic mass is 16.5. The molecule has 0 amide bonds. The van der Waals surface area contributed by atoms with Gasteiger partial charge in [0.15, 0.2) is 0 Å². The highest BCUT2D eigenvalue weighted by molar-refractivity contribution is 4.93. The van der Waals surface area contributed by atoms with Crippen molar-refractivity contribution < 1.29 is 4.74 Å². The van der Waals surface area contributed by atoms with Gasteiger partial charge in [0.25, 0.3) is 0 Å². The number of imidazole rings is 1. The summed E-state index contributed by atoms with van der Waals surface area (Å²) < 4.78 is 7.94. The molecule has 2 N–H and O–H groups in total. The van der Waals surface area contributed by atoms with E-state index < -0.39 is 0 Å². The van der Waals surface area contributed by atoms with Crippen molar-refractivity contribution in [1.82, 2.24) is 14.5 Å². The number of nitrogens with zero attached hydrogens (tertiary/aromatic N) is 3. The summed E-state index contributed by atoms with van der Waals surface area (Å²) in [6.45, 7) is 7.61. The normalized spacial score (nSPS) is 21.3. The molecule has 1 aliphatic rings. The molecule has 102 valence electrons. The first-order chi connectivity index (χ1) is 8.83. The fourth-order valence-electron chi connectivity index (χ4n) is 2.42. The molecule has 1 fully saturated rings. The molecular formula is C13H24N4O. The Morgan fingerprint density at radius 1 is 1.56 bits per heavy atom. The zero-order valence-corrected chi connectivity index (χ0v) is 11.2. The van der Waals surface area contributed by atoms with Crippen LogP contribution in [0.3, 0.4) is 0 Å². The van der Waals surface area contributed by atoms with E-state index in [4.69, 9.17) is 10.5 Å². The van der Waals surface area contributed by atoms with Crippen LogP contribution in [-0.2, 0) is 17.8 Å². The summed E-state index contributed by atoms with van der Waals surface area (Å²) >= 11 is 0. The zero-order chi connectivity index (χ0) is 12.8. The van der Waals surface area contributed by atoms with E-state index in [0.29, 0.717) is 12.6 Å². The topological polar surface area (TPSA) is 56.3 Å². The molecule has 2 rings (SSSR count). The predicted molar refractivity (Wildman–Crippen MR) is 71.2 cm³/mol. The van der Waals surface area contributed by atoms with Crippen LogP contribution in [0, 0.1) is 0 Å². The van der Waals surface area contributed by atoms with E-state index in [1.54, 1.807) is 0 Å². The third-order valence-corrected chi connectivity index (χ3v) is 3.34. The summed E-state index contributed by atoms with van der Waals surface area (Å²) in [4.78, 5) is 6.87. The van der Waals surface area contributed by atoms with Gasteiger partial charge < -0.3 is 15.0 Å². The molecule has 0 bridgehead atoms. The molecule has 5 heteroatoms. The minimum absolute atomic E-state index is 0.290. The van der Waals surface area contributed by atoms with E-state index in [-0.39, 0.29) is 0 Å². The second-order valence-corrected chi connectivity index (χ2v) is 4.84. The average Bonchev–Trinajstić information content (AvgIpc) is 2.78. The third kappa shape index (κ3) is 3.54. The molecule has 0 saturated carbocycles. The summed E-state index contributed by atoms with van der Waals surface area (Å²) in [5, 5.41) is 0. The minimum atomic E-state index is 0.290. The van der Waals surface area contributed by atoms with Crippen LogP contribution in [-0.4, -0.2) is 46.8 Å². The predicted octanol–water partition coefficient (Wildman–Crippen LogP) is 0.843. The van der Waals surface area contributed by atoms with Crippen LogP contribution in [0.4, 0.5) is 0 Å². The van der Waals surface area contributed by atoms with Gasteiger partial charge in [0, 0.05) is 32.0 Å². The Bertz CT molecular complexity index is 351. The molecule has 0 aliphatic carbocycles. The summed E-state index contributed by atoms with van der Waals surface area (Å²) in [5.74, 6) is 1.16. The Morgan fingerprint density at radius 3 is 3.22 bits per heavy atom. The van der Waals surface area contributed by atoms with Gasteiger partial charge in [0.05, 0.1) is 19.3 Å². The third-order valence-electron chi connectivity index (χ3n) is 3.34. The number of aryl methyl sites for hydroxylation is 1. The van der Waals surface area contributed by atoms with Crippen LogP contribution in [0.25, 0.3) is 0 Å². The lowest BCUT2D eigenvalue weighted by molar-refractivity contribution is -0.0345. The monoisotopic (exact) mass is 252 g/mol. The van der Waals surface area contributed by atoms with Crippen molar-refractivity contribution >= 4 is 0 Å². The van der Waals surface area contributed by atoms with Gasteiger partial charge in [-0.3, -0.25) is 4.90 Å². The quantitative estimate of drug-likeness (QED) is 0.815. The van der Waals surface area contributed by atoms with Crippen molar-refractivity contribution in [1.29, 1.82) is 0 Å². The molecule has 0 spiro atoms. The number of morpholine rings is 1. The van der Waals surface area contributed by atoms with Gasteiger partial charge >= 0.3 is 0 Å². The lowest BCUT2D eigenvalue weighted by Gasteiger charge is -2.32. The van der Waals surface area contributed by atoms with Crippen molar-refractivity contribution in [2.45, 2.75) is 39.0 Å². The first-order valence-corrected chi connectivity index (χ1v) is 6.87. The van der Waals surface area contributed by atoms with Gasteiger partial charge in [-0.25, -0.2) is 4.98 Å². The lowest BCUT2D eigenvalue weighted by atomic mass is 10.2. The van der Waals surface area contributed by atoms with Crippen molar-refractivity contribution in [3.05, 3.63) is 18.2 Å². The van der Waals surface area contributed by atoms with E-state index in [2.05, 4.69) is 27.6 Å². The molecule has 1 aliphatic heterocycles. The fourth-order valence-corrected chi connectivity index (χ4v) is 2.42. The lowest BCUT2D eigenvalue weighted by Crippen LogP contribution is -2.43. The van der Waals surface area contributed by atoms with Gasteiger partial charge in [0.1, 0.15) is 5.82 Å². The maximum absolute atomic E-state index is 5.70. The highest BCUT2D eigenvalue weighted by Gasteiger charge is 2.20. The summed E-state index contributed by atoms with van der Waals surface area (Å²) in [6, 6.07) is 0. The maximum atomic E-state index is 5.70. The summed E-state index contributed by atoms with van der Waals surface area (Å²) in [7, 11) is 0. The number of hydrogen-bond acceptors (Lipinski definition) is 4. The van der Waals surface area contributed by atoms with Gasteiger partial charge in [-0.15, -0.1) is 0 Å². The summed E-state index contributed by atoms with van der Waals surface area (Å²) in [5.41, 5.74) is 5.59. The molecule has 2 heterocycles.